The van der Waals surface area contributed by atoms with Gasteiger partial charge in [-0.15, -0.1) is 0 Å². The van der Waals surface area contributed by atoms with Crippen LogP contribution in [0.4, 0.5) is 0 Å². The first kappa shape index (κ1) is 14.3. The number of hydrogen-bond donors (Lipinski definition) is 3. The number of ether oxygens (including phenoxy) is 1. The van der Waals surface area contributed by atoms with Gasteiger partial charge in [0.25, 0.3) is 0 Å². The van der Waals surface area contributed by atoms with E-state index >= 15 is 0 Å². The number of carboxylic acids is 1. The lowest BCUT2D eigenvalue weighted by Gasteiger charge is -2.35. The van der Waals surface area contributed by atoms with Crippen LogP contribution in [0.25, 0.3) is 0 Å². The summed E-state index contributed by atoms with van der Waals surface area (Å²) in [6, 6.07) is -0.253. The maximum atomic E-state index is 12.4. The normalized spacial score (nSPS) is 23.6. The SMILES string of the molecule is NCC1(C(=O)NC(CC(=O)O)C2CC2)CCOCC1. The highest BCUT2D eigenvalue weighted by Gasteiger charge is 2.42. The maximum Gasteiger partial charge on any atom is 0.305 e. The molecule has 0 aromatic carbocycles. The molecule has 6 nitrogen and oxygen atoms in total. The minimum atomic E-state index is -0.869. The molecule has 6 heteroatoms. The van der Waals surface area contributed by atoms with Crippen molar-refractivity contribution < 1.29 is 19.4 Å². The second kappa shape index (κ2) is 5.88. The van der Waals surface area contributed by atoms with Crippen molar-refractivity contribution in [3.63, 3.8) is 0 Å². The van der Waals surface area contributed by atoms with Crippen LogP contribution in [-0.2, 0) is 14.3 Å². The molecule has 0 spiro atoms. The third kappa shape index (κ3) is 3.45. The van der Waals surface area contributed by atoms with Crippen LogP contribution in [0.15, 0.2) is 0 Å². The molecule has 1 amide bonds. The lowest BCUT2D eigenvalue weighted by molar-refractivity contribution is -0.139. The van der Waals surface area contributed by atoms with Crippen molar-refractivity contribution >= 4 is 11.9 Å². The smallest absolute Gasteiger partial charge is 0.305 e. The van der Waals surface area contributed by atoms with Crippen molar-refractivity contribution in [3.05, 3.63) is 0 Å². The Bertz CT molecular complexity index is 349. The molecule has 2 aliphatic rings. The first-order chi connectivity index (χ1) is 9.07. The van der Waals surface area contributed by atoms with Gasteiger partial charge < -0.3 is 20.9 Å². The lowest BCUT2D eigenvalue weighted by Crippen LogP contribution is -2.52. The number of rotatable bonds is 6. The number of carbonyl (C=O) groups excluding carboxylic acids is 1. The highest BCUT2D eigenvalue weighted by molar-refractivity contribution is 5.84. The fraction of sp³-hybridized carbons (Fsp3) is 0.846. The zero-order valence-electron chi connectivity index (χ0n) is 11.1. The number of carboxylic acid groups (broad SMARTS) is 1. The number of nitrogens with two attached hydrogens (primary N) is 1. The number of nitrogens with one attached hydrogen (secondary N) is 1. The number of carbonyl (C=O) groups is 2. The molecule has 2 fully saturated rings. The van der Waals surface area contributed by atoms with Crippen LogP contribution in [0, 0.1) is 11.3 Å². The van der Waals surface area contributed by atoms with Gasteiger partial charge in [-0.05, 0) is 31.6 Å². The van der Waals surface area contributed by atoms with Gasteiger partial charge in [-0.1, -0.05) is 0 Å². The van der Waals surface area contributed by atoms with Crippen LogP contribution in [0.1, 0.15) is 32.1 Å². The van der Waals surface area contributed by atoms with Crippen molar-refractivity contribution in [3.8, 4) is 0 Å². The largest absolute Gasteiger partial charge is 0.481 e. The molecule has 1 saturated heterocycles. The Balaban J connectivity index is 1.98. The van der Waals surface area contributed by atoms with E-state index in [1.54, 1.807) is 0 Å². The Labute approximate surface area is 112 Å². The maximum absolute atomic E-state index is 12.4. The molecule has 1 aliphatic heterocycles. The van der Waals surface area contributed by atoms with E-state index < -0.39 is 11.4 Å². The van der Waals surface area contributed by atoms with E-state index in [0.29, 0.717) is 32.0 Å². The number of aliphatic carboxylic acids is 1. The lowest BCUT2D eigenvalue weighted by atomic mass is 9.79. The minimum Gasteiger partial charge on any atom is -0.481 e. The molecule has 0 aromatic heterocycles. The van der Waals surface area contributed by atoms with Crippen LogP contribution in [-0.4, -0.2) is 42.8 Å². The van der Waals surface area contributed by atoms with Gasteiger partial charge in [-0.3, -0.25) is 9.59 Å². The molecule has 1 heterocycles. The molecule has 19 heavy (non-hydrogen) atoms. The molecule has 1 aliphatic carbocycles. The average Bonchev–Trinajstić information content (AvgIpc) is 3.22. The van der Waals surface area contributed by atoms with Gasteiger partial charge >= 0.3 is 5.97 Å². The first-order valence-corrected chi connectivity index (χ1v) is 6.88. The van der Waals surface area contributed by atoms with Crippen molar-refractivity contribution in [2.24, 2.45) is 17.1 Å². The molecule has 0 aromatic rings. The molecule has 1 saturated carbocycles. The monoisotopic (exact) mass is 270 g/mol. The summed E-state index contributed by atoms with van der Waals surface area (Å²) in [5, 5.41) is 11.8. The summed E-state index contributed by atoms with van der Waals surface area (Å²) in [4.78, 5) is 23.3. The summed E-state index contributed by atoms with van der Waals surface area (Å²) < 4.78 is 5.28. The summed E-state index contributed by atoms with van der Waals surface area (Å²) in [5.41, 5.74) is 5.20. The highest BCUT2D eigenvalue weighted by atomic mass is 16.5. The van der Waals surface area contributed by atoms with E-state index in [0.717, 1.165) is 12.8 Å². The third-order valence-electron chi connectivity index (χ3n) is 4.22. The van der Waals surface area contributed by atoms with Crippen molar-refractivity contribution in [1.82, 2.24) is 5.32 Å². The van der Waals surface area contributed by atoms with Crippen LogP contribution in [0.2, 0.25) is 0 Å². The van der Waals surface area contributed by atoms with Crippen LogP contribution in [0.5, 0.6) is 0 Å². The molecule has 1 unspecified atom stereocenters. The predicted molar refractivity (Wildman–Crippen MR) is 68.4 cm³/mol. The molecule has 0 bridgehead atoms. The van der Waals surface area contributed by atoms with Gasteiger partial charge in [-0.2, -0.15) is 0 Å². The molecule has 0 radical (unpaired) electrons. The van der Waals surface area contributed by atoms with Gasteiger partial charge in [0.1, 0.15) is 0 Å². The van der Waals surface area contributed by atoms with Crippen LogP contribution in [0.3, 0.4) is 0 Å². The molecular weight excluding hydrogens is 248 g/mol. The second-order valence-corrected chi connectivity index (χ2v) is 5.61. The van der Waals surface area contributed by atoms with Gasteiger partial charge in [-0.25, -0.2) is 0 Å². The van der Waals surface area contributed by atoms with E-state index in [4.69, 9.17) is 15.6 Å². The molecule has 2 rings (SSSR count). The third-order valence-corrected chi connectivity index (χ3v) is 4.22. The Morgan fingerprint density at radius 2 is 2.00 bits per heavy atom. The molecular formula is C13H22N2O4. The van der Waals surface area contributed by atoms with E-state index in [1.807, 2.05) is 0 Å². The van der Waals surface area contributed by atoms with Gasteiger partial charge in [0.2, 0.25) is 5.91 Å². The summed E-state index contributed by atoms with van der Waals surface area (Å²) in [5.74, 6) is -0.655. The highest BCUT2D eigenvalue weighted by Crippen LogP contribution is 2.36. The standard InChI is InChI=1S/C13H22N2O4/c14-8-13(3-5-19-6-4-13)12(18)15-10(7-11(16)17)9-1-2-9/h9-10H,1-8,14H2,(H,15,18)(H,16,17). The Morgan fingerprint density at radius 1 is 1.37 bits per heavy atom. The number of amides is 1. The van der Waals surface area contributed by atoms with Gasteiger partial charge in [0.05, 0.1) is 11.8 Å². The van der Waals surface area contributed by atoms with Crippen molar-refractivity contribution in [1.29, 1.82) is 0 Å². The van der Waals surface area contributed by atoms with Gasteiger partial charge in [0.15, 0.2) is 0 Å². The van der Waals surface area contributed by atoms with E-state index in [2.05, 4.69) is 5.32 Å². The van der Waals surface area contributed by atoms with Crippen LogP contribution < -0.4 is 11.1 Å². The first-order valence-electron chi connectivity index (χ1n) is 6.88. The summed E-state index contributed by atoms with van der Waals surface area (Å²) in [6.45, 7) is 1.36. The quantitative estimate of drug-likeness (QED) is 0.636. The summed E-state index contributed by atoms with van der Waals surface area (Å²) in [6.07, 6.45) is 3.21. The average molecular weight is 270 g/mol. The summed E-state index contributed by atoms with van der Waals surface area (Å²) in [7, 11) is 0. The zero-order chi connectivity index (χ0) is 13.9. The van der Waals surface area contributed by atoms with Gasteiger partial charge in [0, 0.05) is 25.8 Å². The topological polar surface area (TPSA) is 102 Å². The Hall–Kier alpha value is -1.14. The minimum absolute atomic E-state index is 0.00639. The zero-order valence-corrected chi connectivity index (χ0v) is 11.1. The van der Waals surface area contributed by atoms with Crippen molar-refractivity contribution in [2.75, 3.05) is 19.8 Å². The van der Waals surface area contributed by atoms with Crippen molar-refractivity contribution in [2.45, 2.75) is 38.1 Å². The molecule has 4 N–H and O–H groups in total. The summed E-state index contributed by atoms with van der Waals surface area (Å²) >= 11 is 0. The Kier molecular flexibility index (Phi) is 4.42. The van der Waals surface area contributed by atoms with E-state index in [-0.39, 0.29) is 24.9 Å². The van der Waals surface area contributed by atoms with E-state index in [1.165, 1.54) is 0 Å². The van der Waals surface area contributed by atoms with Crippen LogP contribution >= 0.6 is 0 Å². The molecule has 1 atom stereocenters. The number of hydrogen-bond acceptors (Lipinski definition) is 4. The Morgan fingerprint density at radius 3 is 2.47 bits per heavy atom. The van der Waals surface area contributed by atoms with E-state index in [9.17, 15) is 9.59 Å². The fourth-order valence-corrected chi connectivity index (χ4v) is 2.63. The fourth-order valence-electron chi connectivity index (χ4n) is 2.63. The predicted octanol–water partition coefficient (Wildman–Crippen LogP) is 0.111. The molecule has 108 valence electrons. The second-order valence-electron chi connectivity index (χ2n) is 5.61.